The van der Waals surface area contributed by atoms with Gasteiger partial charge < -0.3 is 10.5 Å². The number of benzene rings is 1. The van der Waals surface area contributed by atoms with Crippen LogP contribution in [0.1, 0.15) is 44.6 Å². The van der Waals surface area contributed by atoms with Gasteiger partial charge in [0, 0.05) is 6.54 Å². The molecule has 0 unspecified atom stereocenters. The Hall–Kier alpha value is -0.860. The van der Waals surface area contributed by atoms with E-state index in [1.165, 1.54) is 24.8 Å². The van der Waals surface area contributed by atoms with Crippen molar-refractivity contribution >= 4 is 0 Å². The molecule has 0 radical (unpaired) electrons. The first-order chi connectivity index (χ1) is 8.78. The van der Waals surface area contributed by atoms with E-state index in [4.69, 9.17) is 10.5 Å². The molecule has 18 heavy (non-hydrogen) atoms. The van der Waals surface area contributed by atoms with E-state index in [1.54, 1.807) is 0 Å². The summed E-state index contributed by atoms with van der Waals surface area (Å²) >= 11 is 0. The van der Waals surface area contributed by atoms with Gasteiger partial charge in [0.1, 0.15) is 0 Å². The first-order valence-corrected chi connectivity index (χ1v) is 7.16. The van der Waals surface area contributed by atoms with Crippen molar-refractivity contribution in [2.75, 3.05) is 6.54 Å². The van der Waals surface area contributed by atoms with E-state index in [0.717, 1.165) is 18.8 Å². The lowest BCUT2D eigenvalue weighted by molar-refractivity contribution is -0.0813. The normalized spacial score (nSPS) is 28.2. The average Bonchev–Trinajstić information content (AvgIpc) is 2.47. The van der Waals surface area contributed by atoms with Crippen LogP contribution in [0.3, 0.4) is 0 Å². The quantitative estimate of drug-likeness (QED) is 0.864. The molecule has 2 heteroatoms. The predicted molar refractivity (Wildman–Crippen MR) is 75.3 cm³/mol. The SMILES string of the molecule is CCC1CCC(CN)(OCc2ccccc2)CC1. The van der Waals surface area contributed by atoms with E-state index in [2.05, 4.69) is 31.2 Å². The summed E-state index contributed by atoms with van der Waals surface area (Å²) in [5, 5.41) is 0. The van der Waals surface area contributed by atoms with Gasteiger partial charge in [-0.1, -0.05) is 43.7 Å². The molecule has 1 aromatic rings. The molecule has 1 aliphatic rings. The molecule has 2 nitrogen and oxygen atoms in total. The first-order valence-electron chi connectivity index (χ1n) is 7.16. The van der Waals surface area contributed by atoms with E-state index in [-0.39, 0.29) is 5.60 Å². The molecule has 0 spiro atoms. The monoisotopic (exact) mass is 247 g/mol. The minimum atomic E-state index is -0.0679. The topological polar surface area (TPSA) is 35.2 Å². The second-order valence-electron chi connectivity index (χ2n) is 5.51. The largest absolute Gasteiger partial charge is 0.369 e. The summed E-state index contributed by atoms with van der Waals surface area (Å²) in [5.41, 5.74) is 7.14. The van der Waals surface area contributed by atoms with Crippen molar-refractivity contribution in [2.24, 2.45) is 11.7 Å². The lowest BCUT2D eigenvalue weighted by atomic mass is 9.77. The van der Waals surface area contributed by atoms with E-state index in [0.29, 0.717) is 13.2 Å². The summed E-state index contributed by atoms with van der Waals surface area (Å²) in [7, 11) is 0. The van der Waals surface area contributed by atoms with Crippen molar-refractivity contribution in [3.8, 4) is 0 Å². The zero-order valence-electron chi connectivity index (χ0n) is 11.4. The lowest BCUT2D eigenvalue weighted by Gasteiger charge is -2.39. The molecule has 1 fully saturated rings. The van der Waals surface area contributed by atoms with E-state index in [1.807, 2.05) is 6.07 Å². The van der Waals surface area contributed by atoms with Gasteiger partial charge in [0.2, 0.25) is 0 Å². The summed E-state index contributed by atoms with van der Waals surface area (Å²) in [6.45, 7) is 3.62. The Morgan fingerprint density at radius 3 is 2.44 bits per heavy atom. The molecule has 1 saturated carbocycles. The Labute approximate surface area is 111 Å². The van der Waals surface area contributed by atoms with E-state index in [9.17, 15) is 0 Å². The second-order valence-corrected chi connectivity index (χ2v) is 5.51. The van der Waals surface area contributed by atoms with Crippen LogP contribution in [0.25, 0.3) is 0 Å². The molecule has 0 saturated heterocycles. The van der Waals surface area contributed by atoms with Gasteiger partial charge in [-0.25, -0.2) is 0 Å². The molecule has 1 aliphatic carbocycles. The van der Waals surface area contributed by atoms with E-state index < -0.39 is 0 Å². The standard InChI is InChI=1S/C16H25NO/c1-2-14-8-10-16(13-17,11-9-14)18-12-15-6-4-3-5-7-15/h3-7,14H,2,8-13,17H2,1H3. The smallest absolute Gasteiger partial charge is 0.0808 e. The van der Waals surface area contributed by atoms with Gasteiger partial charge in [-0.15, -0.1) is 0 Å². The van der Waals surface area contributed by atoms with E-state index >= 15 is 0 Å². The molecule has 0 heterocycles. The molecular weight excluding hydrogens is 222 g/mol. The fourth-order valence-electron chi connectivity index (χ4n) is 2.83. The Bertz CT molecular complexity index is 341. The Morgan fingerprint density at radius 2 is 1.89 bits per heavy atom. The van der Waals surface area contributed by atoms with Gasteiger partial charge in [-0.3, -0.25) is 0 Å². The molecule has 0 aliphatic heterocycles. The minimum Gasteiger partial charge on any atom is -0.369 e. The molecule has 0 amide bonds. The number of nitrogens with two attached hydrogens (primary N) is 1. The van der Waals surface area contributed by atoms with Crippen molar-refractivity contribution in [3.63, 3.8) is 0 Å². The molecule has 2 N–H and O–H groups in total. The minimum absolute atomic E-state index is 0.0679. The predicted octanol–water partition coefficient (Wildman–Crippen LogP) is 3.50. The zero-order valence-corrected chi connectivity index (χ0v) is 11.4. The molecule has 2 rings (SSSR count). The van der Waals surface area contributed by atoms with Crippen LogP contribution in [0.4, 0.5) is 0 Å². The Kier molecular flexibility index (Phi) is 4.79. The van der Waals surface area contributed by atoms with Gasteiger partial charge in [-0.05, 0) is 37.2 Å². The number of ether oxygens (including phenoxy) is 1. The van der Waals surface area contributed by atoms with Crippen LogP contribution in [0.5, 0.6) is 0 Å². The third-order valence-electron chi connectivity index (χ3n) is 4.35. The van der Waals surface area contributed by atoms with Crippen molar-refractivity contribution < 1.29 is 4.74 Å². The third kappa shape index (κ3) is 3.33. The second kappa shape index (κ2) is 6.35. The van der Waals surface area contributed by atoms with Crippen molar-refractivity contribution in [2.45, 2.75) is 51.2 Å². The summed E-state index contributed by atoms with van der Waals surface area (Å²) < 4.78 is 6.17. The fourth-order valence-corrected chi connectivity index (χ4v) is 2.83. The number of hydrogen-bond acceptors (Lipinski definition) is 2. The highest BCUT2D eigenvalue weighted by molar-refractivity contribution is 5.13. The number of rotatable bonds is 5. The van der Waals surface area contributed by atoms with Gasteiger partial charge in [0.15, 0.2) is 0 Å². The maximum Gasteiger partial charge on any atom is 0.0808 e. The van der Waals surface area contributed by atoms with Crippen LogP contribution >= 0.6 is 0 Å². The summed E-state index contributed by atoms with van der Waals surface area (Å²) in [5.74, 6) is 0.880. The lowest BCUT2D eigenvalue weighted by Crippen LogP contribution is -2.43. The highest BCUT2D eigenvalue weighted by atomic mass is 16.5. The Morgan fingerprint density at radius 1 is 1.22 bits per heavy atom. The zero-order chi connectivity index (χ0) is 12.8. The van der Waals surface area contributed by atoms with Gasteiger partial charge in [0.05, 0.1) is 12.2 Å². The summed E-state index contributed by atoms with van der Waals surface area (Å²) in [6.07, 6.45) is 6.06. The molecular formula is C16H25NO. The highest BCUT2D eigenvalue weighted by Crippen LogP contribution is 2.36. The van der Waals surface area contributed by atoms with Crippen LogP contribution < -0.4 is 5.73 Å². The molecule has 0 aromatic heterocycles. The highest BCUT2D eigenvalue weighted by Gasteiger charge is 2.34. The maximum atomic E-state index is 6.17. The molecule has 100 valence electrons. The number of hydrogen-bond donors (Lipinski definition) is 1. The molecule has 0 bridgehead atoms. The van der Waals surface area contributed by atoms with Crippen LogP contribution in [0.15, 0.2) is 30.3 Å². The summed E-state index contributed by atoms with van der Waals surface area (Å²) in [4.78, 5) is 0. The average molecular weight is 247 g/mol. The van der Waals surface area contributed by atoms with Crippen LogP contribution in [-0.2, 0) is 11.3 Å². The third-order valence-corrected chi connectivity index (χ3v) is 4.35. The van der Waals surface area contributed by atoms with Crippen molar-refractivity contribution in [3.05, 3.63) is 35.9 Å². The molecule has 1 aromatic carbocycles. The maximum absolute atomic E-state index is 6.17. The van der Waals surface area contributed by atoms with Crippen molar-refractivity contribution in [1.29, 1.82) is 0 Å². The van der Waals surface area contributed by atoms with Crippen LogP contribution in [0, 0.1) is 5.92 Å². The summed E-state index contributed by atoms with van der Waals surface area (Å²) in [6, 6.07) is 10.4. The van der Waals surface area contributed by atoms with Crippen LogP contribution in [-0.4, -0.2) is 12.1 Å². The van der Waals surface area contributed by atoms with Gasteiger partial charge in [0.25, 0.3) is 0 Å². The van der Waals surface area contributed by atoms with Crippen LogP contribution in [0.2, 0.25) is 0 Å². The fraction of sp³-hybridized carbons (Fsp3) is 0.625. The molecule has 0 atom stereocenters. The van der Waals surface area contributed by atoms with Crippen molar-refractivity contribution in [1.82, 2.24) is 0 Å². The Balaban J connectivity index is 1.89. The first kappa shape index (κ1) is 13.6. The van der Waals surface area contributed by atoms with Gasteiger partial charge >= 0.3 is 0 Å². The van der Waals surface area contributed by atoms with Gasteiger partial charge in [-0.2, -0.15) is 0 Å².